The van der Waals surface area contributed by atoms with Gasteiger partial charge in [0.1, 0.15) is 0 Å². The summed E-state index contributed by atoms with van der Waals surface area (Å²) in [4.78, 5) is 43.0. The molecular weight excluding hydrogens is 414 g/mol. The van der Waals surface area contributed by atoms with Crippen LogP contribution in [0.3, 0.4) is 0 Å². The van der Waals surface area contributed by atoms with E-state index in [2.05, 4.69) is 11.4 Å². The van der Waals surface area contributed by atoms with Gasteiger partial charge in [-0.2, -0.15) is 0 Å². The minimum atomic E-state index is -0.329. The zero-order valence-corrected chi connectivity index (χ0v) is 19.0. The van der Waals surface area contributed by atoms with Crippen molar-refractivity contribution in [2.45, 2.75) is 44.9 Å². The van der Waals surface area contributed by atoms with Crippen LogP contribution in [0, 0.1) is 11.8 Å². The Hall–Kier alpha value is -3.15. The predicted molar refractivity (Wildman–Crippen MR) is 128 cm³/mol. The maximum Gasteiger partial charge on any atom is 0.253 e. The number of carbonyl (C=O) groups is 3. The lowest BCUT2D eigenvalue weighted by molar-refractivity contribution is -0.132. The number of hydrogen-bond donors (Lipinski definition) is 1. The van der Waals surface area contributed by atoms with Crippen LogP contribution in [0.4, 0.5) is 11.4 Å². The van der Waals surface area contributed by atoms with E-state index in [4.69, 9.17) is 0 Å². The number of hydrogen-bond acceptors (Lipinski definition) is 3. The van der Waals surface area contributed by atoms with Crippen molar-refractivity contribution in [1.29, 1.82) is 0 Å². The van der Waals surface area contributed by atoms with Crippen LogP contribution in [0.2, 0.25) is 0 Å². The highest BCUT2D eigenvalue weighted by Gasteiger charge is 2.39. The molecule has 2 fully saturated rings. The lowest BCUT2D eigenvalue weighted by atomic mass is 9.77. The molecule has 1 aliphatic carbocycles. The van der Waals surface area contributed by atoms with Crippen molar-refractivity contribution >= 4 is 29.1 Å². The number of amides is 3. The average molecular weight is 446 g/mol. The van der Waals surface area contributed by atoms with Gasteiger partial charge in [-0.25, -0.2) is 0 Å². The summed E-state index contributed by atoms with van der Waals surface area (Å²) >= 11 is 0. The van der Waals surface area contributed by atoms with Gasteiger partial charge in [0.2, 0.25) is 11.8 Å². The largest absolute Gasteiger partial charge is 0.339 e. The number of carbonyl (C=O) groups excluding carboxylic acids is 3. The molecule has 1 saturated carbocycles. The van der Waals surface area contributed by atoms with Crippen LogP contribution in [0.1, 0.15) is 54.4 Å². The Morgan fingerprint density at radius 1 is 0.788 bits per heavy atom. The fourth-order valence-electron chi connectivity index (χ4n) is 5.54. The molecule has 6 nitrogen and oxygen atoms in total. The van der Waals surface area contributed by atoms with Crippen molar-refractivity contribution in [3.63, 3.8) is 0 Å². The third kappa shape index (κ3) is 4.39. The van der Waals surface area contributed by atoms with Gasteiger partial charge in [-0.3, -0.25) is 14.4 Å². The molecule has 1 saturated heterocycles. The van der Waals surface area contributed by atoms with Gasteiger partial charge in [0.05, 0.1) is 5.92 Å². The molecule has 0 bridgehead atoms. The molecule has 2 unspecified atom stereocenters. The van der Waals surface area contributed by atoms with E-state index in [1.165, 1.54) is 5.56 Å². The number of benzene rings is 2. The smallest absolute Gasteiger partial charge is 0.253 e. The summed E-state index contributed by atoms with van der Waals surface area (Å²) in [6.45, 7) is 2.32. The van der Waals surface area contributed by atoms with E-state index in [0.29, 0.717) is 17.8 Å². The molecule has 3 aliphatic rings. The number of fused-ring (bicyclic) bond motifs is 1. The van der Waals surface area contributed by atoms with Crippen molar-refractivity contribution in [3.8, 4) is 0 Å². The van der Waals surface area contributed by atoms with E-state index in [1.807, 2.05) is 28.0 Å². The molecule has 0 spiro atoms. The molecule has 5 rings (SSSR count). The molecule has 1 N–H and O–H groups in total. The second-order valence-corrected chi connectivity index (χ2v) is 9.43. The summed E-state index contributed by atoms with van der Waals surface area (Å²) in [7, 11) is 0. The van der Waals surface area contributed by atoms with E-state index >= 15 is 0 Å². The molecule has 0 aromatic heterocycles. The first-order valence-electron chi connectivity index (χ1n) is 12.2. The Morgan fingerprint density at radius 2 is 1.48 bits per heavy atom. The summed E-state index contributed by atoms with van der Waals surface area (Å²) in [5.41, 5.74) is 3.51. The Balaban J connectivity index is 1.26. The van der Waals surface area contributed by atoms with Crippen LogP contribution >= 0.6 is 0 Å². The van der Waals surface area contributed by atoms with E-state index in [-0.39, 0.29) is 29.6 Å². The van der Waals surface area contributed by atoms with Crippen molar-refractivity contribution in [2.75, 3.05) is 29.9 Å². The second-order valence-electron chi connectivity index (χ2n) is 9.43. The third-order valence-electron chi connectivity index (χ3n) is 7.37. The van der Waals surface area contributed by atoms with Gasteiger partial charge >= 0.3 is 0 Å². The second kappa shape index (κ2) is 9.38. The molecule has 2 aliphatic heterocycles. The zero-order valence-electron chi connectivity index (χ0n) is 19.0. The summed E-state index contributed by atoms with van der Waals surface area (Å²) < 4.78 is 0. The molecule has 2 aromatic carbocycles. The highest BCUT2D eigenvalue weighted by atomic mass is 16.2. The van der Waals surface area contributed by atoms with E-state index in [9.17, 15) is 14.4 Å². The van der Waals surface area contributed by atoms with Gasteiger partial charge in [-0.15, -0.1) is 0 Å². The molecule has 2 aromatic rings. The minimum absolute atomic E-state index is 0.0502. The van der Waals surface area contributed by atoms with Gasteiger partial charge in [-0.05, 0) is 68.0 Å². The summed E-state index contributed by atoms with van der Waals surface area (Å²) in [6.07, 6.45) is 6.40. The number of nitrogens with one attached hydrogen (secondary N) is 1. The summed E-state index contributed by atoms with van der Waals surface area (Å²) in [6, 6.07) is 15.2. The van der Waals surface area contributed by atoms with Gasteiger partial charge in [0.15, 0.2) is 0 Å². The maximum absolute atomic E-state index is 13.5. The first-order valence-corrected chi connectivity index (χ1v) is 12.2. The van der Waals surface area contributed by atoms with Crippen LogP contribution in [-0.4, -0.2) is 42.3 Å². The number of nitrogens with zero attached hydrogens (tertiary/aromatic N) is 2. The van der Waals surface area contributed by atoms with Gasteiger partial charge in [-0.1, -0.05) is 31.0 Å². The monoisotopic (exact) mass is 445 g/mol. The van der Waals surface area contributed by atoms with Crippen LogP contribution in [0.5, 0.6) is 0 Å². The number of likely N-dealkylation sites (tertiary alicyclic amines) is 1. The Bertz CT molecular complexity index is 1040. The Kier molecular flexibility index (Phi) is 6.16. The highest BCUT2D eigenvalue weighted by molar-refractivity contribution is 6.02. The van der Waals surface area contributed by atoms with E-state index in [0.717, 1.165) is 63.7 Å². The van der Waals surface area contributed by atoms with E-state index in [1.54, 1.807) is 24.3 Å². The number of anilines is 2. The van der Waals surface area contributed by atoms with Gasteiger partial charge < -0.3 is 15.1 Å². The van der Waals surface area contributed by atoms with Crippen LogP contribution in [0.25, 0.3) is 0 Å². The normalized spacial score (nSPS) is 22.2. The van der Waals surface area contributed by atoms with Gasteiger partial charge in [0, 0.05) is 42.5 Å². The van der Waals surface area contributed by atoms with Crippen molar-refractivity contribution < 1.29 is 14.4 Å². The molecular formula is C27H31N3O3. The first kappa shape index (κ1) is 21.7. The van der Waals surface area contributed by atoms with Crippen molar-refractivity contribution in [1.82, 2.24) is 4.90 Å². The lowest BCUT2D eigenvalue weighted by Gasteiger charge is -2.32. The number of rotatable bonds is 4. The number of para-hydroxylation sites is 1. The molecule has 2 heterocycles. The minimum Gasteiger partial charge on any atom is -0.339 e. The third-order valence-corrected chi connectivity index (χ3v) is 7.37. The van der Waals surface area contributed by atoms with Crippen molar-refractivity contribution in [2.24, 2.45) is 11.8 Å². The zero-order chi connectivity index (χ0) is 22.8. The SMILES string of the molecule is O=C(Nc1ccc(C(=O)N2CCCC2)cc1)C1CCCCC1C(=O)N1CCc2ccccc21. The van der Waals surface area contributed by atoms with Crippen molar-refractivity contribution in [3.05, 3.63) is 59.7 Å². The molecule has 0 radical (unpaired) electrons. The highest BCUT2D eigenvalue weighted by Crippen LogP contribution is 2.36. The fraction of sp³-hybridized carbons (Fsp3) is 0.444. The molecule has 2 atom stereocenters. The predicted octanol–water partition coefficient (Wildman–Crippen LogP) is 4.26. The van der Waals surface area contributed by atoms with Crippen LogP contribution in [0.15, 0.2) is 48.5 Å². The maximum atomic E-state index is 13.5. The molecule has 3 amide bonds. The quantitative estimate of drug-likeness (QED) is 0.765. The first-order chi connectivity index (χ1) is 16.1. The fourth-order valence-corrected chi connectivity index (χ4v) is 5.54. The van der Waals surface area contributed by atoms with Crippen LogP contribution < -0.4 is 10.2 Å². The standard InChI is InChI=1S/C27H31N3O3/c31-25(28-21-13-11-20(12-14-21)26(32)29-16-5-6-17-29)22-8-2-3-9-23(22)27(33)30-18-15-19-7-1-4-10-24(19)30/h1,4,7,10-14,22-23H,2-3,5-6,8-9,15-18H2,(H,28,31). The van der Waals surface area contributed by atoms with E-state index < -0.39 is 0 Å². The Labute approximate surface area is 194 Å². The summed E-state index contributed by atoms with van der Waals surface area (Å²) in [5.74, 6) is -0.592. The Morgan fingerprint density at radius 3 is 2.24 bits per heavy atom. The van der Waals surface area contributed by atoms with Gasteiger partial charge in [0.25, 0.3) is 5.91 Å². The summed E-state index contributed by atoms with van der Waals surface area (Å²) in [5, 5.41) is 3.01. The average Bonchev–Trinajstić information content (AvgIpc) is 3.54. The molecule has 172 valence electrons. The molecule has 6 heteroatoms. The lowest BCUT2D eigenvalue weighted by Crippen LogP contribution is -2.43. The topological polar surface area (TPSA) is 69.7 Å². The van der Waals surface area contributed by atoms with Crippen LogP contribution in [-0.2, 0) is 16.0 Å². The molecule has 33 heavy (non-hydrogen) atoms.